The summed E-state index contributed by atoms with van der Waals surface area (Å²) in [4.78, 5) is 14.4. The third kappa shape index (κ3) is 5.46. The van der Waals surface area contributed by atoms with Crippen molar-refractivity contribution in [2.75, 3.05) is 29.9 Å². The number of ether oxygens (including phenoxy) is 1. The second kappa shape index (κ2) is 8.58. The van der Waals surface area contributed by atoms with Crippen LogP contribution in [0.5, 0.6) is 5.75 Å². The molecule has 1 aliphatic rings. The van der Waals surface area contributed by atoms with Crippen LogP contribution in [0.1, 0.15) is 44.7 Å². The maximum Gasteiger partial charge on any atom is 0.416 e. The maximum atomic E-state index is 13.1. The number of rotatable bonds is 5. The lowest BCUT2D eigenvalue weighted by atomic mass is 9.87. The summed E-state index contributed by atoms with van der Waals surface area (Å²) in [5.41, 5.74) is 1.11. The van der Waals surface area contributed by atoms with Crippen molar-refractivity contribution in [1.29, 1.82) is 0 Å². The zero-order valence-electron chi connectivity index (χ0n) is 17.5. The van der Waals surface area contributed by atoms with Crippen LogP contribution in [0.15, 0.2) is 42.5 Å². The van der Waals surface area contributed by atoms with E-state index in [0.29, 0.717) is 11.4 Å². The molecule has 1 N–H and O–H groups in total. The summed E-state index contributed by atoms with van der Waals surface area (Å²) >= 11 is 0. The number of hydrogen-bond donors (Lipinski definition) is 1. The van der Waals surface area contributed by atoms with Crippen LogP contribution in [0.4, 0.5) is 24.5 Å². The van der Waals surface area contributed by atoms with Crippen LogP contribution in [0.3, 0.4) is 0 Å². The molecule has 0 spiro atoms. The highest BCUT2D eigenvalue weighted by Crippen LogP contribution is 2.36. The highest BCUT2D eigenvalue weighted by atomic mass is 19.4. The predicted molar refractivity (Wildman–Crippen MR) is 112 cm³/mol. The van der Waals surface area contributed by atoms with Gasteiger partial charge in [-0.3, -0.25) is 4.79 Å². The molecule has 0 radical (unpaired) electrons. The molecule has 1 amide bonds. The molecule has 1 saturated heterocycles. The lowest BCUT2D eigenvalue weighted by Gasteiger charge is -2.23. The molecular formula is C23H27F3N2O2. The molecule has 3 rings (SSSR count). The van der Waals surface area contributed by atoms with E-state index in [1.165, 1.54) is 6.07 Å². The van der Waals surface area contributed by atoms with E-state index in [2.05, 4.69) is 26.1 Å². The Labute approximate surface area is 175 Å². The molecule has 30 heavy (non-hydrogen) atoms. The van der Waals surface area contributed by atoms with Gasteiger partial charge in [0, 0.05) is 13.1 Å². The normalized spacial score (nSPS) is 14.7. The summed E-state index contributed by atoms with van der Waals surface area (Å²) in [7, 11) is 0. The molecule has 7 heteroatoms. The van der Waals surface area contributed by atoms with E-state index in [-0.39, 0.29) is 17.7 Å². The Balaban J connectivity index is 1.70. The fourth-order valence-corrected chi connectivity index (χ4v) is 3.43. The summed E-state index contributed by atoms with van der Waals surface area (Å²) in [6, 6.07) is 10.9. The minimum absolute atomic E-state index is 0.00534. The third-order valence-corrected chi connectivity index (χ3v) is 5.13. The Bertz CT molecular complexity index is 881. The van der Waals surface area contributed by atoms with E-state index in [0.717, 1.165) is 43.6 Å². The maximum absolute atomic E-state index is 13.1. The molecule has 1 fully saturated rings. The first kappa shape index (κ1) is 22.0. The van der Waals surface area contributed by atoms with Crippen LogP contribution >= 0.6 is 0 Å². The molecule has 0 atom stereocenters. The molecular weight excluding hydrogens is 393 g/mol. The number of benzene rings is 2. The first-order valence-electron chi connectivity index (χ1n) is 10.0. The number of alkyl halides is 3. The molecule has 0 unspecified atom stereocenters. The average Bonchev–Trinajstić information content (AvgIpc) is 3.20. The van der Waals surface area contributed by atoms with Crippen molar-refractivity contribution in [3.05, 3.63) is 53.6 Å². The third-order valence-electron chi connectivity index (χ3n) is 5.13. The van der Waals surface area contributed by atoms with Gasteiger partial charge in [0.2, 0.25) is 0 Å². The van der Waals surface area contributed by atoms with E-state index < -0.39 is 17.6 Å². The summed E-state index contributed by atoms with van der Waals surface area (Å²) in [5, 5.41) is 2.60. The molecule has 0 saturated carbocycles. The van der Waals surface area contributed by atoms with Crippen LogP contribution in [0.2, 0.25) is 0 Å². The Morgan fingerprint density at radius 1 is 1.00 bits per heavy atom. The lowest BCUT2D eigenvalue weighted by molar-refractivity contribution is -0.137. The number of nitrogens with zero attached hydrogens (tertiary/aromatic N) is 1. The Morgan fingerprint density at radius 2 is 1.60 bits per heavy atom. The van der Waals surface area contributed by atoms with Gasteiger partial charge in [-0.15, -0.1) is 0 Å². The summed E-state index contributed by atoms with van der Waals surface area (Å²) in [6.07, 6.45) is -2.53. The Morgan fingerprint density at radius 3 is 2.17 bits per heavy atom. The fourth-order valence-electron chi connectivity index (χ4n) is 3.43. The minimum atomic E-state index is -4.48. The average molecular weight is 420 g/mol. The molecule has 0 aliphatic carbocycles. The van der Waals surface area contributed by atoms with Crippen LogP contribution < -0.4 is 15.0 Å². The Hall–Kier alpha value is -2.70. The predicted octanol–water partition coefficient (Wildman–Crippen LogP) is 5.62. The van der Waals surface area contributed by atoms with Crippen molar-refractivity contribution in [3.8, 4) is 5.75 Å². The summed E-state index contributed by atoms with van der Waals surface area (Å²) < 4.78 is 45.0. The van der Waals surface area contributed by atoms with Gasteiger partial charge in [0.1, 0.15) is 5.75 Å². The number of halogens is 3. The van der Waals surface area contributed by atoms with E-state index in [1.807, 2.05) is 17.0 Å². The number of hydrogen-bond acceptors (Lipinski definition) is 3. The minimum Gasteiger partial charge on any atom is -0.484 e. The van der Waals surface area contributed by atoms with Crippen LogP contribution in [-0.4, -0.2) is 25.6 Å². The van der Waals surface area contributed by atoms with Crippen LogP contribution in [0.25, 0.3) is 0 Å². The molecule has 2 aromatic rings. The second-order valence-corrected chi connectivity index (χ2v) is 8.54. The number of nitrogens with one attached hydrogen (secondary N) is 1. The largest absolute Gasteiger partial charge is 0.484 e. The monoisotopic (exact) mass is 420 g/mol. The first-order valence-corrected chi connectivity index (χ1v) is 10.0. The highest BCUT2D eigenvalue weighted by molar-refractivity contribution is 5.95. The van der Waals surface area contributed by atoms with Crippen LogP contribution in [-0.2, 0) is 16.4 Å². The van der Waals surface area contributed by atoms with Crippen molar-refractivity contribution in [2.45, 2.75) is 45.2 Å². The van der Waals surface area contributed by atoms with Gasteiger partial charge in [-0.2, -0.15) is 13.2 Å². The van der Waals surface area contributed by atoms with Crippen molar-refractivity contribution in [3.63, 3.8) is 0 Å². The van der Waals surface area contributed by atoms with E-state index in [4.69, 9.17) is 4.74 Å². The summed E-state index contributed by atoms with van der Waals surface area (Å²) in [6.45, 7) is 7.52. The smallest absolute Gasteiger partial charge is 0.416 e. The number of amides is 1. The molecule has 4 nitrogen and oxygen atoms in total. The van der Waals surface area contributed by atoms with Crippen molar-refractivity contribution in [1.82, 2.24) is 0 Å². The standard InChI is InChI=1S/C23H27F3N2O2/c1-22(2,3)16-6-9-18(10-7-16)30-15-21(29)27-19-14-17(23(24,25)26)8-11-20(19)28-12-4-5-13-28/h6-11,14H,4-5,12-13,15H2,1-3H3,(H,27,29). The second-order valence-electron chi connectivity index (χ2n) is 8.54. The zero-order chi connectivity index (χ0) is 21.9. The number of anilines is 2. The van der Waals surface area contributed by atoms with Gasteiger partial charge in [0.05, 0.1) is 16.9 Å². The first-order chi connectivity index (χ1) is 14.0. The van der Waals surface area contributed by atoms with Gasteiger partial charge in [-0.05, 0) is 54.2 Å². The van der Waals surface area contributed by atoms with Gasteiger partial charge >= 0.3 is 6.18 Å². The molecule has 2 aromatic carbocycles. The van der Waals surface area contributed by atoms with Crippen molar-refractivity contribution < 1.29 is 22.7 Å². The van der Waals surface area contributed by atoms with E-state index in [1.54, 1.807) is 12.1 Å². The van der Waals surface area contributed by atoms with Crippen molar-refractivity contribution >= 4 is 17.3 Å². The topological polar surface area (TPSA) is 41.6 Å². The number of carbonyl (C=O) groups is 1. The van der Waals surface area contributed by atoms with Crippen LogP contribution in [0, 0.1) is 0 Å². The Kier molecular flexibility index (Phi) is 6.29. The zero-order valence-corrected chi connectivity index (χ0v) is 17.5. The molecule has 0 aromatic heterocycles. The quantitative estimate of drug-likeness (QED) is 0.683. The molecule has 1 heterocycles. The SMILES string of the molecule is CC(C)(C)c1ccc(OCC(=O)Nc2cc(C(F)(F)F)ccc2N2CCCC2)cc1. The van der Waals surface area contributed by atoms with Gasteiger partial charge in [-0.1, -0.05) is 32.9 Å². The summed E-state index contributed by atoms with van der Waals surface area (Å²) in [5.74, 6) is 0.0247. The molecule has 162 valence electrons. The lowest BCUT2D eigenvalue weighted by Crippen LogP contribution is -2.24. The van der Waals surface area contributed by atoms with E-state index >= 15 is 0 Å². The van der Waals surface area contributed by atoms with Gasteiger partial charge < -0.3 is 15.0 Å². The van der Waals surface area contributed by atoms with Gasteiger partial charge in [0.15, 0.2) is 6.61 Å². The molecule has 0 bridgehead atoms. The molecule has 1 aliphatic heterocycles. The van der Waals surface area contributed by atoms with Crippen molar-refractivity contribution in [2.24, 2.45) is 0 Å². The van der Waals surface area contributed by atoms with Gasteiger partial charge in [0.25, 0.3) is 5.91 Å². The van der Waals surface area contributed by atoms with Gasteiger partial charge in [-0.25, -0.2) is 0 Å². The fraction of sp³-hybridized carbons (Fsp3) is 0.435. The number of carbonyl (C=O) groups excluding carboxylic acids is 1. The highest BCUT2D eigenvalue weighted by Gasteiger charge is 2.32. The van der Waals surface area contributed by atoms with E-state index in [9.17, 15) is 18.0 Å².